The molecule has 0 aliphatic carbocycles. The Morgan fingerprint density at radius 1 is 1.62 bits per heavy atom. The first-order valence-corrected chi connectivity index (χ1v) is 5.13. The van der Waals surface area contributed by atoms with Crippen LogP contribution in [-0.2, 0) is 0 Å². The molecule has 1 saturated heterocycles. The van der Waals surface area contributed by atoms with E-state index in [9.17, 15) is 5.11 Å². The minimum absolute atomic E-state index is 0.00704. The molecule has 2 heteroatoms. The maximum Gasteiger partial charge on any atom is 0.0618 e. The summed E-state index contributed by atoms with van der Waals surface area (Å²) in [6.07, 6.45) is 4.45. The molecule has 0 aromatic carbocycles. The summed E-state index contributed by atoms with van der Waals surface area (Å²) in [6, 6.07) is 0. The number of rotatable bonds is 4. The molecule has 1 rings (SSSR count). The van der Waals surface area contributed by atoms with Crippen molar-refractivity contribution in [3.05, 3.63) is 12.2 Å². The van der Waals surface area contributed by atoms with E-state index in [-0.39, 0.29) is 12.1 Å². The highest BCUT2D eigenvalue weighted by Crippen LogP contribution is 2.34. The van der Waals surface area contributed by atoms with E-state index in [1.54, 1.807) is 0 Å². The molecule has 1 unspecified atom stereocenters. The highest BCUT2D eigenvalue weighted by atomic mass is 16.3. The summed E-state index contributed by atoms with van der Waals surface area (Å²) in [5, 5.41) is 9.45. The van der Waals surface area contributed by atoms with Gasteiger partial charge >= 0.3 is 0 Å². The topological polar surface area (TPSA) is 23.5 Å². The SMILES string of the molecule is C=C1CN(C)C(CO)(CCCC)C1. The molecule has 0 radical (unpaired) electrons. The van der Waals surface area contributed by atoms with E-state index in [0.717, 1.165) is 19.4 Å². The molecule has 1 atom stereocenters. The fourth-order valence-corrected chi connectivity index (χ4v) is 2.20. The average molecular weight is 183 g/mol. The van der Waals surface area contributed by atoms with Gasteiger partial charge in [0, 0.05) is 12.1 Å². The highest BCUT2D eigenvalue weighted by molar-refractivity contribution is 5.14. The molecular formula is C11H21NO. The Hall–Kier alpha value is -0.340. The van der Waals surface area contributed by atoms with Gasteiger partial charge in [0.05, 0.1) is 6.61 Å². The van der Waals surface area contributed by atoms with Gasteiger partial charge in [-0.3, -0.25) is 4.90 Å². The van der Waals surface area contributed by atoms with Gasteiger partial charge in [-0.05, 0) is 19.9 Å². The standard InChI is InChI=1S/C11H21NO/c1-4-5-6-11(9-13)7-10(2)8-12(11)3/h13H,2,4-9H2,1,3H3. The van der Waals surface area contributed by atoms with Crippen molar-refractivity contribution >= 4 is 0 Å². The largest absolute Gasteiger partial charge is 0.394 e. The molecule has 0 spiro atoms. The lowest BCUT2D eigenvalue weighted by Gasteiger charge is -2.34. The van der Waals surface area contributed by atoms with Crippen LogP contribution in [0, 0.1) is 0 Å². The number of likely N-dealkylation sites (N-methyl/N-ethyl adjacent to an activating group) is 1. The summed E-state index contributed by atoms with van der Waals surface area (Å²) in [5.74, 6) is 0. The quantitative estimate of drug-likeness (QED) is 0.672. The third-order valence-electron chi connectivity index (χ3n) is 3.14. The van der Waals surface area contributed by atoms with Gasteiger partial charge in [-0.15, -0.1) is 0 Å². The number of nitrogens with zero attached hydrogens (tertiary/aromatic N) is 1. The lowest BCUT2D eigenvalue weighted by Crippen LogP contribution is -2.44. The third kappa shape index (κ3) is 2.12. The molecule has 0 bridgehead atoms. The Morgan fingerprint density at radius 3 is 2.69 bits per heavy atom. The van der Waals surface area contributed by atoms with Crippen LogP contribution in [0.4, 0.5) is 0 Å². The first-order chi connectivity index (χ1) is 6.14. The third-order valence-corrected chi connectivity index (χ3v) is 3.14. The van der Waals surface area contributed by atoms with E-state index in [1.807, 2.05) is 0 Å². The zero-order valence-electron chi connectivity index (χ0n) is 8.84. The van der Waals surface area contributed by atoms with Crippen LogP contribution in [0.15, 0.2) is 12.2 Å². The molecule has 0 aromatic heterocycles. The van der Waals surface area contributed by atoms with Gasteiger partial charge in [0.1, 0.15) is 0 Å². The van der Waals surface area contributed by atoms with E-state index < -0.39 is 0 Å². The molecule has 76 valence electrons. The van der Waals surface area contributed by atoms with Gasteiger partial charge in [-0.2, -0.15) is 0 Å². The van der Waals surface area contributed by atoms with Gasteiger partial charge in [-0.25, -0.2) is 0 Å². The molecule has 2 nitrogen and oxygen atoms in total. The molecule has 1 N–H and O–H groups in total. The lowest BCUT2D eigenvalue weighted by molar-refractivity contribution is 0.0741. The van der Waals surface area contributed by atoms with E-state index in [1.165, 1.54) is 18.4 Å². The van der Waals surface area contributed by atoms with Crippen molar-refractivity contribution < 1.29 is 5.11 Å². The molecule has 0 saturated carbocycles. The van der Waals surface area contributed by atoms with Gasteiger partial charge in [0.25, 0.3) is 0 Å². The van der Waals surface area contributed by atoms with Gasteiger partial charge in [0.15, 0.2) is 0 Å². The van der Waals surface area contributed by atoms with Crippen molar-refractivity contribution in [2.24, 2.45) is 0 Å². The molecule has 0 aromatic rings. The smallest absolute Gasteiger partial charge is 0.0618 e. The maximum absolute atomic E-state index is 9.45. The van der Waals surface area contributed by atoms with Crippen molar-refractivity contribution in [2.45, 2.75) is 38.1 Å². The average Bonchev–Trinajstić information content (AvgIpc) is 2.38. The molecule has 1 heterocycles. The fourth-order valence-electron chi connectivity index (χ4n) is 2.20. The maximum atomic E-state index is 9.45. The zero-order valence-corrected chi connectivity index (χ0v) is 8.84. The first-order valence-electron chi connectivity index (χ1n) is 5.13. The fraction of sp³-hybridized carbons (Fsp3) is 0.818. The predicted molar refractivity (Wildman–Crippen MR) is 55.7 cm³/mol. The van der Waals surface area contributed by atoms with E-state index in [0.29, 0.717) is 0 Å². The molecular weight excluding hydrogens is 162 g/mol. The number of unbranched alkanes of at least 4 members (excludes halogenated alkanes) is 1. The van der Waals surface area contributed by atoms with E-state index in [2.05, 4.69) is 25.5 Å². The number of hydrogen-bond acceptors (Lipinski definition) is 2. The minimum atomic E-state index is 0.00704. The van der Waals surface area contributed by atoms with E-state index in [4.69, 9.17) is 0 Å². The normalized spacial score (nSPS) is 29.9. The van der Waals surface area contributed by atoms with Crippen molar-refractivity contribution in [3.63, 3.8) is 0 Å². The minimum Gasteiger partial charge on any atom is -0.394 e. The summed E-state index contributed by atoms with van der Waals surface area (Å²) < 4.78 is 0. The predicted octanol–water partition coefficient (Wildman–Crippen LogP) is 1.80. The Kier molecular flexibility index (Phi) is 3.51. The van der Waals surface area contributed by atoms with Crippen molar-refractivity contribution in [1.29, 1.82) is 0 Å². The van der Waals surface area contributed by atoms with Crippen molar-refractivity contribution in [1.82, 2.24) is 4.90 Å². The molecule has 1 fully saturated rings. The van der Waals surface area contributed by atoms with Crippen LogP contribution in [0.5, 0.6) is 0 Å². The van der Waals surface area contributed by atoms with Gasteiger partial charge < -0.3 is 5.11 Å². The second-order valence-electron chi connectivity index (χ2n) is 4.27. The van der Waals surface area contributed by atoms with Crippen LogP contribution < -0.4 is 0 Å². The molecule has 0 amide bonds. The highest BCUT2D eigenvalue weighted by Gasteiger charge is 2.38. The van der Waals surface area contributed by atoms with Gasteiger partial charge in [0.2, 0.25) is 0 Å². The summed E-state index contributed by atoms with van der Waals surface area (Å²) in [4.78, 5) is 2.25. The Balaban J connectivity index is 2.62. The van der Waals surface area contributed by atoms with Crippen molar-refractivity contribution in [3.8, 4) is 0 Å². The number of likely N-dealkylation sites (tertiary alicyclic amines) is 1. The zero-order chi connectivity index (χ0) is 9.90. The second-order valence-corrected chi connectivity index (χ2v) is 4.27. The van der Waals surface area contributed by atoms with Crippen LogP contribution in [0.1, 0.15) is 32.6 Å². The second kappa shape index (κ2) is 4.25. The molecule has 13 heavy (non-hydrogen) atoms. The van der Waals surface area contributed by atoms with Crippen molar-refractivity contribution in [2.75, 3.05) is 20.2 Å². The summed E-state index contributed by atoms with van der Waals surface area (Å²) in [5.41, 5.74) is 1.26. The summed E-state index contributed by atoms with van der Waals surface area (Å²) >= 11 is 0. The molecule has 1 aliphatic rings. The van der Waals surface area contributed by atoms with Crippen LogP contribution in [-0.4, -0.2) is 35.7 Å². The van der Waals surface area contributed by atoms with Crippen LogP contribution in [0.25, 0.3) is 0 Å². The Morgan fingerprint density at radius 2 is 2.31 bits per heavy atom. The Labute approximate surface area is 81.2 Å². The van der Waals surface area contributed by atoms with Crippen LogP contribution in [0.3, 0.4) is 0 Å². The number of aliphatic hydroxyl groups excluding tert-OH is 1. The first kappa shape index (κ1) is 10.7. The number of aliphatic hydroxyl groups is 1. The van der Waals surface area contributed by atoms with Gasteiger partial charge in [-0.1, -0.05) is 31.9 Å². The lowest BCUT2D eigenvalue weighted by atomic mass is 9.90. The number of hydrogen-bond donors (Lipinski definition) is 1. The van der Waals surface area contributed by atoms with Crippen LogP contribution in [0.2, 0.25) is 0 Å². The molecule has 1 aliphatic heterocycles. The van der Waals surface area contributed by atoms with E-state index >= 15 is 0 Å². The van der Waals surface area contributed by atoms with Crippen LogP contribution >= 0.6 is 0 Å². The summed E-state index contributed by atoms with van der Waals surface area (Å²) in [7, 11) is 2.09. The monoisotopic (exact) mass is 183 g/mol. The Bertz CT molecular complexity index is 191. The summed E-state index contributed by atoms with van der Waals surface area (Å²) in [6.45, 7) is 7.41.